The van der Waals surface area contributed by atoms with E-state index in [0.29, 0.717) is 0 Å². The molecule has 0 fully saturated rings. The highest BCUT2D eigenvalue weighted by molar-refractivity contribution is 5.82. The molecule has 0 aliphatic heterocycles. The molecule has 10 heavy (non-hydrogen) atoms. The Labute approximate surface area is 59.1 Å². The van der Waals surface area contributed by atoms with Gasteiger partial charge < -0.3 is 9.64 Å². The fourth-order valence-corrected chi connectivity index (χ4v) is 0.285. The highest BCUT2D eigenvalue weighted by Crippen LogP contribution is 1.98. The van der Waals surface area contributed by atoms with Gasteiger partial charge in [0.05, 0.1) is 13.2 Å². The van der Waals surface area contributed by atoms with Crippen molar-refractivity contribution in [1.82, 2.24) is 4.90 Å². The fourth-order valence-electron chi connectivity index (χ4n) is 0.285. The van der Waals surface area contributed by atoms with E-state index in [1.54, 1.807) is 0 Å². The molecule has 0 N–H and O–H groups in total. The van der Waals surface area contributed by atoms with Crippen molar-refractivity contribution in [3.05, 3.63) is 12.0 Å². The van der Waals surface area contributed by atoms with E-state index < -0.39 is 11.9 Å². The first-order valence-electron chi connectivity index (χ1n) is 2.70. The van der Waals surface area contributed by atoms with Gasteiger partial charge in [0.1, 0.15) is 0 Å². The molecule has 0 aliphatic rings. The van der Waals surface area contributed by atoms with Crippen LogP contribution in [0.15, 0.2) is 12.0 Å². The lowest BCUT2D eigenvalue weighted by Crippen LogP contribution is -2.09. The number of ether oxygens (including phenoxy) is 1. The van der Waals surface area contributed by atoms with Crippen molar-refractivity contribution < 1.29 is 13.9 Å². The summed E-state index contributed by atoms with van der Waals surface area (Å²) in [5.41, 5.74) is 0. The van der Waals surface area contributed by atoms with Gasteiger partial charge in [0.15, 0.2) is 5.95 Å². The van der Waals surface area contributed by atoms with Crippen LogP contribution in [-0.4, -0.2) is 32.1 Å². The van der Waals surface area contributed by atoms with Crippen LogP contribution in [0.25, 0.3) is 0 Å². The summed E-state index contributed by atoms with van der Waals surface area (Å²) in [5.74, 6) is -1.31. The summed E-state index contributed by atoms with van der Waals surface area (Å²) in [6.07, 6.45) is 0.778. The number of esters is 1. The molecule has 0 aromatic heterocycles. The Morgan fingerprint density at radius 2 is 2.10 bits per heavy atom. The van der Waals surface area contributed by atoms with Crippen LogP contribution in [0.5, 0.6) is 0 Å². The van der Waals surface area contributed by atoms with E-state index in [-0.39, 0.29) is 0 Å². The summed E-state index contributed by atoms with van der Waals surface area (Å²) in [4.78, 5) is 11.5. The van der Waals surface area contributed by atoms with Crippen molar-refractivity contribution >= 4 is 5.97 Å². The predicted molar refractivity (Wildman–Crippen MR) is 34.9 cm³/mol. The minimum atomic E-state index is -0.689. The number of carbonyl (C=O) groups excluding carboxylic acids is 1. The maximum absolute atomic E-state index is 12.4. The lowest BCUT2D eigenvalue weighted by molar-refractivity contribution is -0.135. The number of rotatable bonds is 2. The van der Waals surface area contributed by atoms with Gasteiger partial charge >= 0.3 is 5.97 Å². The minimum Gasteiger partial charge on any atom is -0.466 e. The largest absolute Gasteiger partial charge is 0.466 e. The zero-order valence-electron chi connectivity index (χ0n) is 6.22. The molecule has 0 heterocycles. The topological polar surface area (TPSA) is 29.5 Å². The van der Waals surface area contributed by atoms with Crippen LogP contribution in [0, 0.1) is 0 Å². The first-order chi connectivity index (χ1) is 4.57. The minimum absolute atomic E-state index is 0.619. The van der Waals surface area contributed by atoms with E-state index in [2.05, 4.69) is 4.74 Å². The molecule has 0 saturated carbocycles. The van der Waals surface area contributed by atoms with Gasteiger partial charge in [0.25, 0.3) is 0 Å². The Morgan fingerprint density at radius 1 is 1.60 bits per heavy atom. The van der Waals surface area contributed by atoms with E-state index in [1.165, 1.54) is 26.1 Å². The molecule has 0 aromatic carbocycles. The Kier molecular flexibility index (Phi) is 3.46. The summed E-state index contributed by atoms with van der Waals surface area (Å²) in [6.45, 7) is 0. The lowest BCUT2D eigenvalue weighted by atomic mass is 10.6. The molecule has 0 radical (unpaired) electrons. The third-order valence-electron chi connectivity index (χ3n) is 0.865. The van der Waals surface area contributed by atoms with Crippen molar-refractivity contribution in [2.45, 2.75) is 0 Å². The molecule has 0 atom stereocenters. The number of nitrogens with zero attached hydrogens (tertiary/aromatic N) is 1. The summed E-state index contributed by atoms with van der Waals surface area (Å²) in [5, 5.41) is 0. The van der Waals surface area contributed by atoms with Gasteiger partial charge in [0, 0.05) is 14.1 Å². The highest BCUT2D eigenvalue weighted by Gasteiger charge is 2.00. The number of hydrogen-bond acceptors (Lipinski definition) is 3. The maximum atomic E-state index is 12.4. The van der Waals surface area contributed by atoms with Gasteiger partial charge in [-0.25, -0.2) is 4.79 Å². The molecule has 0 saturated heterocycles. The second-order valence-corrected chi connectivity index (χ2v) is 1.88. The molecule has 4 heteroatoms. The normalized spacial score (nSPS) is 11.0. The molecular formula is C6H10FNO2. The third kappa shape index (κ3) is 3.06. The average Bonchev–Trinajstić information content (AvgIpc) is 1.87. The predicted octanol–water partition coefficient (Wildman–Crippen LogP) is 0.532. The van der Waals surface area contributed by atoms with Gasteiger partial charge in [-0.15, -0.1) is 0 Å². The molecule has 0 amide bonds. The smallest absolute Gasteiger partial charge is 0.335 e. The quantitative estimate of drug-likeness (QED) is 0.324. The van der Waals surface area contributed by atoms with Crippen LogP contribution in [0.2, 0.25) is 0 Å². The van der Waals surface area contributed by atoms with E-state index in [4.69, 9.17) is 0 Å². The van der Waals surface area contributed by atoms with E-state index in [9.17, 15) is 9.18 Å². The number of methoxy groups -OCH3 is 1. The molecule has 3 nitrogen and oxygen atoms in total. The molecule has 0 unspecified atom stereocenters. The fraction of sp³-hybridized carbons (Fsp3) is 0.500. The van der Waals surface area contributed by atoms with Crippen molar-refractivity contribution in [1.29, 1.82) is 0 Å². The van der Waals surface area contributed by atoms with Gasteiger partial charge in [-0.2, -0.15) is 4.39 Å². The molecule has 0 rings (SSSR count). The Morgan fingerprint density at radius 3 is 2.40 bits per heavy atom. The lowest BCUT2D eigenvalue weighted by Gasteiger charge is -2.06. The van der Waals surface area contributed by atoms with E-state index >= 15 is 0 Å². The Bertz CT molecular complexity index is 154. The van der Waals surface area contributed by atoms with Crippen LogP contribution in [0.4, 0.5) is 4.39 Å². The Hall–Kier alpha value is -1.06. The number of hydrogen-bond donors (Lipinski definition) is 0. The molecule has 0 bridgehead atoms. The van der Waals surface area contributed by atoms with E-state index in [0.717, 1.165) is 6.08 Å². The van der Waals surface area contributed by atoms with Gasteiger partial charge in [-0.05, 0) is 0 Å². The van der Waals surface area contributed by atoms with Gasteiger partial charge in [-0.3, -0.25) is 0 Å². The zero-order chi connectivity index (χ0) is 8.15. The van der Waals surface area contributed by atoms with Crippen LogP contribution in [-0.2, 0) is 9.53 Å². The van der Waals surface area contributed by atoms with Crippen molar-refractivity contribution in [2.75, 3.05) is 21.2 Å². The van der Waals surface area contributed by atoms with Crippen molar-refractivity contribution in [2.24, 2.45) is 0 Å². The van der Waals surface area contributed by atoms with E-state index in [1.807, 2.05) is 0 Å². The van der Waals surface area contributed by atoms with Crippen LogP contribution >= 0.6 is 0 Å². The Balaban J connectivity index is 4.03. The highest BCUT2D eigenvalue weighted by atomic mass is 19.1. The molecule has 0 spiro atoms. The van der Waals surface area contributed by atoms with Crippen LogP contribution < -0.4 is 0 Å². The summed E-state index contributed by atoms with van der Waals surface area (Å²) < 4.78 is 16.6. The second-order valence-electron chi connectivity index (χ2n) is 1.88. The van der Waals surface area contributed by atoms with Crippen LogP contribution in [0.1, 0.15) is 0 Å². The number of halogens is 1. The maximum Gasteiger partial charge on any atom is 0.335 e. The van der Waals surface area contributed by atoms with Crippen molar-refractivity contribution in [3.8, 4) is 0 Å². The molecular weight excluding hydrogens is 137 g/mol. The molecule has 0 aromatic rings. The van der Waals surface area contributed by atoms with Crippen LogP contribution in [0.3, 0.4) is 0 Å². The first-order valence-corrected chi connectivity index (χ1v) is 2.70. The summed E-state index contributed by atoms with van der Waals surface area (Å²) in [6, 6.07) is 0. The second kappa shape index (κ2) is 3.87. The molecule has 0 aliphatic carbocycles. The monoisotopic (exact) mass is 147 g/mol. The number of carbonyl (C=O) groups is 1. The third-order valence-corrected chi connectivity index (χ3v) is 0.865. The average molecular weight is 147 g/mol. The standard InChI is InChI=1S/C6H10FNO2/c1-8(2)5(7)4-6(9)10-3/h4H,1-3H3/b5-4-. The van der Waals surface area contributed by atoms with Crippen molar-refractivity contribution in [3.63, 3.8) is 0 Å². The SMILES string of the molecule is COC(=O)/C=C(/F)N(C)C. The summed E-state index contributed by atoms with van der Waals surface area (Å²) in [7, 11) is 4.19. The van der Waals surface area contributed by atoms with Gasteiger partial charge in [0.2, 0.25) is 0 Å². The van der Waals surface area contributed by atoms with Gasteiger partial charge in [-0.1, -0.05) is 0 Å². The first kappa shape index (κ1) is 8.94. The zero-order valence-corrected chi connectivity index (χ0v) is 6.22. The molecule has 58 valence electrons. The summed E-state index contributed by atoms with van der Waals surface area (Å²) >= 11 is 0.